The first-order chi connectivity index (χ1) is 14.0. The van der Waals surface area contributed by atoms with Crippen molar-refractivity contribution in [3.63, 3.8) is 0 Å². The molecule has 8 heteroatoms. The van der Waals surface area contributed by atoms with Crippen LogP contribution in [0.15, 0.2) is 62.7 Å². The molecule has 0 fully saturated rings. The maximum absolute atomic E-state index is 12.7. The Balaban J connectivity index is 1.65. The second-order valence-corrected chi connectivity index (χ2v) is 6.55. The fourth-order valence-electron chi connectivity index (χ4n) is 3.16. The molecule has 0 atom stereocenters. The summed E-state index contributed by atoms with van der Waals surface area (Å²) in [6, 6.07) is 12.0. The molecule has 2 heterocycles. The SMILES string of the molecule is CCn1c(=O)c(=O)[nH]c2cc(C(=O)Nc3cccc(-c4ncc(C)o4)c3)ccc21. The number of oxazole rings is 1. The monoisotopic (exact) mass is 390 g/mol. The Bertz CT molecular complexity index is 1350. The van der Waals surface area contributed by atoms with Gasteiger partial charge in [-0.3, -0.25) is 14.4 Å². The fourth-order valence-corrected chi connectivity index (χ4v) is 3.16. The van der Waals surface area contributed by atoms with E-state index in [0.29, 0.717) is 40.5 Å². The summed E-state index contributed by atoms with van der Waals surface area (Å²) < 4.78 is 6.89. The highest BCUT2D eigenvalue weighted by Crippen LogP contribution is 2.23. The quantitative estimate of drug-likeness (QED) is 0.521. The number of anilines is 1. The number of H-pyrrole nitrogens is 1. The highest BCUT2D eigenvalue weighted by atomic mass is 16.4. The van der Waals surface area contributed by atoms with E-state index in [1.165, 1.54) is 4.57 Å². The van der Waals surface area contributed by atoms with Crippen LogP contribution in [-0.4, -0.2) is 20.4 Å². The summed E-state index contributed by atoms with van der Waals surface area (Å²) in [5, 5.41) is 2.83. The van der Waals surface area contributed by atoms with E-state index < -0.39 is 11.1 Å². The molecule has 0 aliphatic rings. The topological polar surface area (TPSA) is 110 Å². The first-order valence-electron chi connectivity index (χ1n) is 9.07. The van der Waals surface area contributed by atoms with Gasteiger partial charge in [0.2, 0.25) is 5.89 Å². The van der Waals surface area contributed by atoms with Gasteiger partial charge in [0.05, 0.1) is 17.2 Å². The van der Waals surface area contributed by atoms with Crippen molar-refractivity contribution in [2.75, 3.05) is 5.32 Å². The van der Waals surface area contributed by atoms with Crippen molar-refractivity contribution >= 4 is 22.6 Å². The van der Waals surface area contributed by atoms with Crippen LogP contribution >= 0.6 is 0 Å². The maximum Gasteiger partial charge on any atom is 0.316 e. The number of amides is 1. The summed E-state index contributed by atoms with van der Waals surface area (Å²) in [4.78, 5) is 43.2. The molecule has 4 rings (SSSR count). The van der Waals surface area contributed by atoms with Crippen LogP contribution in [0.5, 0.6) is 0 Å². The Kier molecular flexibility index (Phi) is 4.59. The Labute approximate surface area is 164 Å². The lowest BCUT2D eigenvalue weighted by atomic mass is 10.1. The van der Waals surface area contributed by atoms with Crippen molar-refractivity contribution in [2.24, 2.45) is 0 Å². The van der Waals surface area contributed by atoms with Gasteiger partial charge in [0.1, 0.15) is 5.76 Å². The minimum Gasteiger partial charge on any atom is -0.441 e. The number of carbonyl (C=O) groups is 1. The lowest BCUT2D eigenvalue weighted by molar-refractivity contribution is 0.102. The van der Waals surface area contributed by atoms with E-state index in [1.807, 2.05) is 13.0 Å². The summed E-state index contributed by atoms with van der Waals surface area (Å²) in [6.45, 7) is 3.95. The molecule has 0 radical (unpaired) electrons. The molecule has 29 heavy (non-hydrogen) atoms. The van der Waals surface area contributed by atoms with Crippen molar-refractivity contribution in [1.29, 1.82) is 0 Å². The fraction of sp³-hybridized carbons (Fsp3) is 0.143. The molecule has 0 bridgehead atoms. The van der Waals surface area contributed by atoms with Crippen LogP contribution in [0.3, 0.4) is 0 Å². The van der Waals surface area contributed by atoms with Crippen LogP contribution in [0.25, 0.3) is 22.5 Å². The van der Waals surface area contributed by atoms with E-state index in [2.05, 4.69) is 15.3 Å². The smallest absolute Gasteiger partial charge is 0.316 e. The normalized spacial score (nSPS) is 11.0. The van der Waals surface area contributed by atoms with E-state index in [0.717, 1.165) is 5.56 Å². The van der Waals surface area contributed by atoms with Crippen LogP contribution in [0, 0.1) is 6.92 Å². The second-order valence-electron chi connectivity index (χ2n) is 6.55. The lowest BCUT2D eigenvalue weighted by Gasteiger charge is -2.10. The van der Waals surface area contributed by atoms with Crippen LogP contribution in [0.4, 0.5) is 5.69 Å². The van der Waals surface area contributed by atoms with Crippen molar-refractivity contribution in [1.82, 2.24) is 14.5 Å². The van der Waals surface area contributed by atoms with E-state index >= 15 is 0 Å². The molecule has 0 aliphatic heterocycles. The third-order valence-electron chi connectivity index (χ3n) is 4.54. The Morgan fingerprint density at radius 3 is 2.76 bits per heavy atom. The van der Waals surface area contributed by atoms with Crippen molar-refractivity contribution in [3.8, 4) is 11.5 Å². The Morgan fingerprint density at radius 1 is 1.21 bits per heavy atom. The standard InChI is InChI=1S/C21H18N4O4/c1-3-25-17-8-7-13(10-16(17)24-19(27)21(25)28)18(26)23-15-6-4-5-14(9-15)20-22-11-12(2)29-20/h4-11H,3H2,1-2H3,(H,23,26)(H,24,27). The molecule has 4 aromatic rings. The van der Waals surface area contributed by atoms with Gasteiger partial charge in [-0.25, -0.2) is 4.98 Å². The number of aromatic nitrogens is 3. The van der Waals surface area contributed by atoms with Crippen LogP contribution in [0.1, 0.15) is 23.0 Å². The van der Waals surface area contributed by atoms with Gasteiger partial charge >= 0.3 is 11.1 Å². The van der Waals surface area contributed by atoms with E-state index in [4.69, 9.17) is 4.42 Å². The highest BCUT2D eigenvalue weighted by molar-refractivity contribution is 6.06. The minimum absolute atomic E-state index is 0.345. The van der Waals surface area contributed by atoms with E-state index in [9.17, 15) is 14.4 Å². The number of nitrogens with zero attached hydrogens (tertiary/aromatic N) is 2. The Morgan fingerprint density at radius 2 is 2.03 bits per heavy atom. The van der Waals surface area contributed by atoms with Gasteiger partial charge in [-0.15, -0.1) is 0 Å². The predicted molar refractivity (Wildman–Crippen MR) is 109 cm³/mol. The number of aryl methyl sites for hydroxylation is 2. The van der Waals surface area contributed by atoms with E-state index in [1.54, 1.807) is 49.5 Å². The van der Waals surface area contributed by atoms with Gasteiger partial charge in [-0.05, 0) is 50.2 Å². The zero-order valence-corrected chi connectivity index (χ0v) is 15.9. The van der Waals surface area contributed by atoms with Gasteiger partial charge in [0.15, 0.2) is 0 Å². The van der Waals surface area contributed by atoms with Crippen molar-refractivity contribution in [3.05, 3.63) is 80.7 Å². The number of carbonyl (C=O) groups excluding carboxylic acids is 1. The first-order valence-corrected chi connectivity index (χ1v) is 9.07. The van der Waals surface area contributed by atoms with Gasteiger partial charge in [0, 0.05) is 23.4 Å². The molecule has 0 unspecified atom stereocenters. The third kappa shape index (κ3) is 3.47. The van der Waals surface area contributed by atoms with Crippen LogP contribution in [-0.2, 0) is 6.54 Å². The zero-order chi connectivity index (χ0) is 20.5. The number of aromatic amines is 1. The molecule has 0 saturated heterocycles. The number of hydrogen-bond acceptors (Lipinski definition) is 5. The largest absolute Gasteiger partial charge is 0.441 e. The van der Waals surface area contributed by atoms with Crippen molar-refractivity contribution in [2.45, 2.75) is 20.4 Å². The lowest BCUT2D eigenvalue weighted by Crippen LogP contribution is -2.36. The molecule has 2 aromatic carbocycles. The average molecular weight is 390 g/mol. The summed E-state index contributed by atoms with van der Waals surface area (Å²) >= 11 is 0. The van der Waals surface area contributed by atoms with Gasteiger partial charge in [-0.2, -0.15) is 0 Å². The summed E-state index contributed by atoms with van der Waals surface area (Å²) in [6.07, 6.45) is 1.63. The number of benzene rings is 2. The molecule has 0 spiro atoms. The molecule has 0 saturated carbocycles. The van der Waals surface area contributed by atoms with Gasteiger partial charge in [-0.1, -0.05) is 6.07 Å². The minimum atomic E-state index is -0.717. The third-order valence-corrected chi connectivity index (χ3v) is 4.54. The molecule has 0 aliphatic carbocycles. The zero-order valence-electron chi connectivity index (χ0n) is 15.9. The molecule has 8 nitrogen and oxygen atoms in total. The first kappa shape index (κ1) is 18.4. The highest BCUT2D eigenvalue weighted by Gasteiger charge is 2.12. The van der Waals surface area contributed by atoms with Crippen LogP contribution < -0.4 is 16.4 Å². The molecule has 1 amide bonds. The van der Waals surface area contributed by atoms with E-state index in [-0.39, 0.29) is 5.91 Å². The summed E-state index contributed by atoms with van der Waals surface area (Å²) in [5.74, 6) is 0.826. The second kappa shape index (κ2) is 7.23. The molecule has 146 valence electrons. The molecular weight excluding hydrogens is 372 g/mol. The summed E-state index contributed by atoms with van der Waals surface area (Å²) in [7, 11) is 0. The van der Waals surface area contributed by atoms with Crippen LogP contribution in [0.2, 0.25) is 0 Å². The molecule has 2 aromatic heterocycles. The van der Waals surface area contributed by atoms with Gasteiger partial charge < -0.3 is 19.3 Å². The number of rotatable bonds is 4. The maximum atomic E-state index is 12.7. The predicted octanol–water partition coefficient (Wildman–Crippen LogP) is 2.93. The van der Waals surface area contributed by atoms with Gasteiger partial charge in [0.25, 0.3) is 5.91 Å². The molecular formula is C21H18N4O4. The number of fused-ring (bicyclic) bond motifs is 1. The van der Waals surface area contributed by atoms with Crippen molar-refractivity contribution < 1.29 is 9.21 Å². The summed E-state index contributed by atoms with van der Waals surface area (Å²) in [5.41, 5.74) is 1.33. The number of hydrogen-bond donors (Lipinski definition) is 2. The average Bonchev–Trinajstić information content (AvgIpc) is 3.15. The number of nitrogens with one attached hydrogen (secondary N) is 2. The Hall–Kier alpha value is -3.94. The molecule has 2 N–H and O–H groups in total.